The Kier molecular flexibility index (Phi) is 5.78. The molecule has 1 heterocycles. The summed E-state index contributed by atoms with van der Waals surface area (Å²) in [6.07, 6.45) is 0. The van der Waals surface area contributed by atoms with Gasteiger partial charge in [-0.05, 0) is 81.1 Å². The van der Waals surface area contributed by atoms with Crippen LogP contribution in [0.25, 0.3) is 53.2 Å². The fourth-order valence-electron chi connectivity index (χ4n) is 7.37. The highest BCUT2D eigenvalue weighted by Gasteiger charge is 2.37. The highest BCUT2D eigenvalue weighted by atomic mass is 32.1. The van der Waals surface area contributed by atoms with Crippen molar-refractivity contribution in [3.63, 3.8) is 0 Å². The van der Waals surface area contributed by atoms with Crippen LogP contribution in [0, 0.1) is 0 Å². The Morgan fingerprint density at radius 2 is 1.13 bits per heavy atom. The second kappa shape index (κ2) is 9.92. The van der Waals surface area contributed by atoms with Crippen molar-refractivity contribution < 1.29 is 0 Å². The van der Waals surface area contributed by atoms with Crippen LogP contribution in [0.3, 0.4) is 0 Å². The highest BCUT2D eigenvalue weighted by Crippen LogP contribution is 2.54. The van der Waals surface area contributed by atoms with Crippen LogP contribution in [-0.2, 0) is 5.41 Å². The predicted molar refractivity (Wildman–Crippen MR) is 195 cm³/mol. The van der Waals surface area contributed by atoms with E-state index in [0.29, 0.717) is 0 Å². The number of rotatable bonds is 4. The number of thiophene rings is 1. The van der Waals surface area contributed by atoms with Crippen LogP contribution in [0.15, 0.2) is 152 Å². The summed E-state index contributed by atoms with van der Waals surface area (Å²) in [7, 11) is 0. The summed E-state index contributed by atoms with van der Waals surface area (Å²) in [5, 5.41) is 5.22. The Balaban J connectivity index is 1.27. The first-order chi connectivity index (χ1) is 22.1. The van der Waals surface area contributed by atoms with Gasteiger partial charge in [0.05, 0.1) is 5.69 Å². The third-order valence-corrected chi connectivity index (χ3v) is 10.8. The number of hydrogen-bond donors (Lipinski definition) is 0. The zero-order chi connectivity index (χ0) is 30.1. The summed E-state index contributed by atoms with van der Waals surface area (Å²) in [5.41, 5.74) is 11.3. The molecule has 1 nitrogen and oxygen atoms in total. The van der Waals surface area contributed by atoms with Crippen molar-refractivity contribution >= 4 is 59.3 Å². The lowest BCUT2D eigenvalue weighted by atomic mass is 9.82. The number of benzene rings is 7. The molecule has 0 atom stereocenters. The first-order valence-electron chi connectivity index (χ1n) is 15.6. The summed E-state index contributed by atoms with van der Waals surface area (Å²) < 4.78 is 2.63. The molecule has 9 rings (SSSR count). The molecule has 214 valence electrons. The van der Waals surface area contributed by atoms with E-state index in [1.54, 1.807) is 0 Å². The van der Waals surface area contributed by atoms with Crippen LogP contribution in [0.2, 0.25) is 0 Å². The van der Waals surface area contributed by atoms with Crippen molar-refractivity contribution in [3.8, 4) is 22.3 Å². The summed E-state index contributed by atoms with van der Waals surface area (Å²) in [5.74, 6) is 0. The van der Waals surface area contributed by atoms with Gasteiger partial charge in [0.25, 0.3) is 0 Å². The number of nitrogens with zero attached hydrogens (tertiary/aromatic N) is 1. The Bertz CT molecular complexity index is 2400. The summed E-state index contributed by atoms with van der Waals surface area (Å²) in [4.78, 5) is 2.46. The van der Waals surface area contributed by atoms with E-state index in [0.717, 1.165) is 5.69 Å². The Morgan fingerprint density at radius 1 is 0.489 bits per heavy atom. The Labute approximate surface area is 267 Å². The van der Waals surface area contributed by atoms with Crippen LogP contribution in [0.5, 0.6) is 0 Å². The lowest BCUT2D eigenvalue weighted by molar-refractivity contribution is 0.660. The number of fused-ring (bicyclic) bond motifs is 7. The van der Waals surface area contributed by atoms with Gasteiger partial charge in [0, 0.05) is 42.5 Å². The third kappa shape index (κ3) is 4.06. The number of anilines is 3. The van der Waals surface area contributed by atoms with E-state index < -0.39 is 0 Å². The van der Waals surface area contributed by atoms with Crippen molar-refractivity contribution in [1.29, 1.82) is 0 Å². The van der Waals surface area contributed by atoms with Crippen molar-refractivity contribution in [2.24, 2.45) is 0 Å². The zero-order valence-corrected chi connectivity index (χ0v) is 26.1. The topological polar surface area (TPSA) is 3.24 Å². The molecule has 0 amide bonds. The maximum Gasteiger partial charge on any atom is 0.0543 e. The minimum absolute atomic E-state index is 0.0673. The van der Waals surface area contributed by atoms with Crippen LogP contribution < -0.4 is 4.90 Å². The van der Waals surface area contributed by atoms with E-state index in [-0.39, 0.29) is 5.41 Å². The minimum Gasteiger partial charge on any atom is -0.310 e. The van der Waals surface area contributed by atoms with Crippen molar-refractivity contribution in [1.82, 2.24) is 0 Å². The monoisotopic (exact) mass is 593 g/mol. The van der Waals surface area contributed by atoms with Gasteiger partial charge >= 0.3 is 0 Å². The van der Waals surface area contributed by atoms with E-state index in [2.05, 4.69) is 170 Å². The molecule has 0 spiro atoms. The fraction of sp³-hybridized carbons (Fsp3) is 0.0698. The van der Waals surface area contributed by atoms with Gasteiger partial charge in [-0.3, -0.25) is 0 Å². The summed E-state index contributed by atoms with van der Waals surface area (Å²) in [6.45, 7) is 4.71. The van der Waals surface area contributed by atoms with Crippen LogP contribution in [-0.4, -0.2) is 0 Å². The summed E-state index contributed by atoms with van der Waals surface area (Å²) in [6, 6.07) is 55.8. The fourth-order valence-corrected chi connectivity index (χ4v) is 8.54. The van der Waals surface area contributed by atoms with Crippen LogP contribution >= 0.6 is 11.3 Å². The average molecular weight is 594 g/mol. The molecule has 0 radical (unpaired) electrons. The molecule has 1 aromatic heterocycles. The first-order valence-corrected chi connectivity index (χ1v) is 16.4. The molecule has 0 aliphatic heterocycles. The highest BCUT2D eigenvalue weighted by molar-refractivity contribution is 7.25. The van der Waals surface area contributed by atoms with Gasteiger partial charge in [-0.1, -0.05) is 123 Å². The molecule has 0 N–H and O–H groups in total. The van der Waals surface area contributed by atoms with Gasteiger partial charge in [0.15, 0.2) is 0 Å². The van der Waals surface area contributed by atoms with Gasteiger partial charge in [-0.15, -0.1) is 11.3 Å². The SMILES string of the molecule is CC1(C)c2ccccc2-c2c(N(c3ccc(-c4ccccc4)cc3)c3ccc4c(c3)sc3cc5ccccc5cc34)cccc21. The molecular formula is C43H31NS. The molecule has 7 aromatic carbocycles. The largest absolute Gasteiger partial charge is 0.310 e. The predicted octanol–water partition coefficient (Wildman–Crippen LogP) is 12.7. The van der Waals surface area contributed by atoms with Gasteiger partial charge in [-0.2, -0.15) is 0 Å². The molecule has 0 saturated heterocycles. The van der Waals surface area contributed by atoms with Crippen molar-refractivity contribution in [3.05, 3.63) is 163 Å². The molecule has 45 heavy (non-hydrogen) atoms. The molecule has 0 unspecified atom stereocenters. The van der Waals surface area contributed by atoms with Gasteiger partial charge < -0.3 is 4.90 Å². The normalized spacial score (nSPS) is 13.3. The van der Waals surface area contributed by atoms with Crippen molar-refractivity contribution in [2.75, 3.05) is 4.90 Å². The summed E-state index contributed by atoms with van der Waals surface area (Å²) >= 11 is 1.89. The molecule has 0 saturated carbocycles. The maximum atomic E-state index is 2.46. The maximum absolute atomic E-state index is 2.46. The molecule has 8 aromatic rings. The molecular weight excluding hydrogens is 563 g/mol. The second-order valence-corrected chi connectivity index (χ2v) is 13.7. The number of hydrogen-bond acceptors (Lipinski definition) is 2. The quantitative estimate of drug-likeness (QED) is 0.196. The van der Waals surface area contributed by atoms with Crippen LogP contribution in [0.4, 0.5) is 17.1 Å². The minimum atomic E-state index is -0.0673. The van der Waals surface area contributed by atoms with Crippen LogP contribution in [0.1, 0.15) is 25.0 Å². The van der Waals surface area contributed by atoms with Gasteiger partial charge in [-0.25, -0.2) is 0 Å². The van der Waals surface area contributed by atoms with Gasteiger partial charge in [0.1, 0.15) is 0 Å². The van der Waals surface area contributed by atoms with E-state index in [4.69, 9.17) is 0 Å². The smallest absolute Gasteiger partial charge is 0.0543 e. The Morgan fingerprint density at radius 3 is 1.96 bits per heavy atom. The average Bonchev–Trinajstić information content (AvgIpc) is 3.55. The molecule has 0 fully saturated rings. The lowest BCUT2D eigenvalue weighted by Crippen LogP contribution is -2.16. The third-order valence-electron chi connectivity index (χ3n) is 9.64. The molecule has 2 heteroatoms. The lowest BCUT2D eigenvalue weighted by Gasteiger charge is -2.29. The van der Waals surface area contributed by atoms with Crippen molar-refractivity contribution in [2.45, 2.75) is 19.3 Å². The zero-order valence-electron chi connectivity index (χ0n) is 25.3. The standard InChI is InChI=1S/C43H31NS/c1-43(2)37-16-9-8-15-35(37)42-38(43)17-10-18-39(42)44(32-21-19-29(20-22-32)28-11-4-3-5-12-28)33-23-24-34-36-25-30-13-6-7-14-31(30)26-40(36)45-41(34)27-33/h3-27H,1-2H3. The molecule has 1 aliphatic carbocycles. The van der Waals surface area contributed by atoms with Gasteiger partial charge in [0.2, 0.25) is 0 Å². The van der Waals surface area contributed by atoms with E-state index in [9.17, 15) is 0 Å². The second-order valence-electron chi connectivity index (χ2n) is 12.6. The Hall–Kier alpha value is -5.18. The van der Waals surface area contributed by atoms with E-state index in [1.165, 1.54) is 75.7 Å². The molecule has 1 aliphatic rings. The van der Waals surface area contributed by atoms with E-state index in [1.807, 2.05) is 11.3 Å². The van der Waals surface area contributed by atoms with E-state index >= 15 is 0 Å². The molecule has 0 bridgehead atoms. The first kappa shape index (κ1) is 26.2.